The van der Waals surface area contributed by atoms with Gasteiger partial charge in [0.05, 0.1) is 0 Å². The summed E-state index contributed by atoms with van der Waals surface area (Å²) in [5, 5.41) is 3.74. The van der Waals surface area contributed by atoms with Gasteiger partial charge in [-0.2, -0.15) is 0 Å². The van der Waals surface area contributed by atoms with Crippen molar-refractivity contribution in [3.05, 3.63) is 71.8 Å². The van der Waals surface area contributed by atoms with E-state index in [4.69, 9.17) is 0 Å². The zero-order valence-corrected chi connectivity index (χ0v) is 13.8. The second-order valence-corrected chi connectivity index (χ2v) is 5.63. The van der Waals surface area contributed by atoms with E-state index in [9.17, 15) is 0 Å². The molecule has 0 aliphatic rings. The predicted octanol–water partition coefficient (Wildman–Crippen LogP) is 3.90. The summed E-state index contributed by atoms with van der Waals surface area (Å²) >= 11 is 0. The average Bonchev–Trinajstić information content (AvgIpc) is 2.59. The van der Waals surface area contributed by atoms with Gasteiger partial charge in [0, 0.05) is 19.1 Å². The number of hydrogen-bond acceptors (Lipinski definition) is 2. The first-order valence-corrected chi connectivity index (χ1v) is 8.38. The SMILES string of the molecule is CCN(CC)CCNC(Cc1ccccc1)c1ccccc1. The Labute approximate surface area is 135 Å². The Morgan fingerprint density at radius 1 is 0.864 bits per heavy atom. The Bertz CT molecular complexity index is 506. The van der Waals surface area contributed by atoms with Crippen LogP contribution in [-0.2, 0) is 6.42 Å². The van der Waals surface area contributed by atoms with Crippen LogP contribution in [0.4, 0.5) is 0 Å². The Hall–Kier alpha value is -1.64. The van der Waals surface area contributed by atoms with Crippen LogP contribution in [0.1, 0.15) is 31.0 Å². The van der Waals surface area contributed by atoms with Crippen LogP contribution in [-0.4, -0.2) is 31.1 Å². The predicted molar refractivity (Wildman–Crippen MR) is 95.1 cm³/mol. The molecule has 2 nitrogen and oxygen atoms in total. The fourth-order valence-corrected chi connectivity index (χ4v) is 2.78. The first-order valence-electron chi connectivity index (χ1n) is 8.38. The summed E-state index contributed by atoms with van der Waals surface area (Å²) in [5.41, 5.74) is 2.75. The van der Waals surface area contributed by atoms with Crippen molar-refractivity contribution in [1.82, 2.24) is 10.2 Å². The molecule has 0 aliphatic heterocycles. The summed E-state index contributed by atoms with van der Waals surface area (Å²) in [6, 6.07) is 21.9. The Morgan fingerprint density at radius 2 is 1.45 bits per heavy atom. The smallest absolute Gasteiger partial charge is 0.0361 e. The zero-order chi connectivity index (χ0) is 15.6. The lowest BCUT2D eigenvalue weighted by Gasteiger charge is -2.23. The van der Waals surface area contributed by atoms with E-state index >= 15 is 0 Å². The monoisotopic (exact) mass is 296 g/mol. The summed E-state index contributed by atoms with van der Waals surface area (Å²) < 4.78 is 0. The number of benzene rings is 2. The highest BCUT2D eigenvalue weighted by Crippen LogP contribution is 2.18. The van der Waals surface area contributed by atoms with Crippen molar-refractivity contribution in [3.63, 3.8) is 0 Å². The summed E-state index contributed by atoms with van der Waals surface area (Å²) in [4.78, 5) is 2.46. The second kappa shape index (κ2) is 9.39. The van der Waals surface area contributed by atoms with Crippen molar-refractivity contribution in [2.24, 2.45) is 0 Å². The number of nitrogens with zero attached hydrogens (tertiary/aromatic N) is 1. The van der Waals surface area contributed by atoms with Gasteiger partial charge in [-0.1, -0.05) is 74.5 Å². The zero-order valence-electron chi connectivity index (χ0n) is 13.8. The van der Waals surface area contributed by atoms with Crippen LogP contribution in [0.15, 0.2) is 60.7 Å². The molecule has 0 amide bonds. The van der Waals surface area contributed by atoms with Gasteiger partial charge >= 0.3 is 0 Å². The molecule has 0 spiro atoms. The highest BCUT2D eigenvalue weighted by Gasteiger charge is 2.11. The van der Waals surface area contributed by atoms with E-state index in [1.54, 1.807) is 0 Å². The topological polar surface area (TPSA) is 15.3 Å². The highest BCUT2D eigenvalue weighted by molar-refractivity contribution is 5.23. The minimum absolute atomic E-state index is 0.374. The van der Waals surface area contributed by atoms with Gasteiger partial charge in [-0.25, -0.2) is 0 Å². The number of hydrogen-bond donors (Lipinski definition) is 1. The van der Waals surface area contributed by atoms with Gasteiger partial charge in [0.15, 0.2) is 0 Å². The number of rotatable bonds is 9. The molecule has 2 aromatic carbocycles. The maximum atomic E-state index is 3.74. The van der Waals surface area contributed by atoms with Crippen LogP contribution < -0.4 is 5.32 Å². The van der Waals surface area contributed by atoms with Gasteiger partial charge in [-0.3, -0.25) is 0 Å². The van der Waals surface area contributed by atoms with Crippen LogP contribution in [0.2, 0.25) is 0 Å². The molecule has 0 bridgehead atoms. The second-order valence-electron chi connectivity index (χ2n) is 5.63. The quantitative estimate of drug-likeness (QED) is 0.755. The molecule has 0 heterocycles. The molecule has 118 valence electrons. The number of likely N-dealkylation sites (N-methyl/N-ethyl adjacent to an activating group) is 1. The maximum Gasteiger partial charge on any atom is 0.0361 e. The first-order chi connectivity index (χ1) is 10.8. The van der Waals surface area contributed by atoms with Gasteiger partial charge in [0.2, 0.25) is 0 Å². The standard InChI is InChI=1S/C20H28N2/c1-3-22(4-2)16-15-21-20(19-13-9-6-10-14-19)17-18-11-7-5-8-12-18/h5-14,20-21H,3-4,15-17H2,1-2H3. The fraction of sp³-hybridized carbons (Fsp3) is 0.400. The Kier molecular flexibility index (Phi) is 7.14. The summed E-state index contributed by atoms with van der Waals surface area (Å²) in [6.45, 7) is 8.81. The normalized spacial score (nSPS) is 12.5. The van der Waals surface area contributed by atoms with Gasteiger partial charge in [0.25, 0.3) is 0 Å². The van der Waals surface area contributed by atoms with E-state index in [1.165, 1.54) is 11.1 Å². The number of nitrogens with one attached hydrogen (secondary N) is 1. The van der Waals surface area contributed by atoms with Crippen LogP contribution in [0.25, 0.3) is 0 Å². The minimum Gasteiger partial charge on any atom is -0.308 e. The Balaban J connectivity index is 1.99. The molecule has 2 heteroatoms. The molecule has 0 aromatic heterocycles. The van der Waals surface area contributed by atoms with E-state index in [1.807, 2.05) is 0 Å². The van der Waals surface area contributed by atoms with Gasteiger partial charge < -0.3 is 10.2 Å². The maximum absolute atomic E-state index is 3.74. The van der Waals surface area contributed by atoms with Crippen molar-refractivity contribution >= 4 is 0 Å². The molecule has 0 saturated carbocycles. The molecule has 1 atom stereocenters. The van der Waals surface area contributed by atoms with Crippen molar-refractivity contribution in [2.75, 3.05) is 26.2 Å². The third-order valence-electron chi connectivity index (χ3n) is 4.20. The lowest BCUT2D eigenvalue weighted by Crippen LogP contribution is -2.34. The molecular weight excluding hydrogens is 268 g/mol. The molecule has 0 fully saturated rings. The molecule has 0 radical (unpaired) electrons. The van der Waals surface area contributed by atoms with E-state index < -0.39 is 0 Å². The lowest BCUT2D eigenvalue weighted by atomic mass is 9.99. The van der Waals surface area contributed by atoms with Crippen LogP contribution in [0.5, 0.6) is 0 Å². The minimum atomic E-state index is 0.374. The molecule has 22 heavy (non-hydrogen) atoms. The largest absolute Gasteiger partial charge is 0.308 e. The van der Waals surface area contributed by atoms with Gasteiger partial charge in [-0.15, -0.1) is 0 Å². The van der Waals surface area contributed by atoms with Gasteiger partial charge in [0.1, 0.15) is 0 Å². The van der Waals surface area contributed by atoms with Crippen LogP contribution in [0, 0.1) is 0 Å². The molecular formula is C20H28N2. The lowest BCUT2D eigenvalue weighted by molar-refractivity contribution is 0.296. The van der Waals surface area contributed by atoms with Crippen LogP contribution in [0.3, 0.4) is 0 Å². The molecule has 1 unspecified atom stereocenters. The summed E-state index contributed by atoms with van der Waals surface area (Å²) in [6.07, 6.45) is 1.03. The van der Waals surface area contributed by atoms with E-state index in [0.717, 1.165) is 32.6 Å². The van der Waals surface area contributed by atoms with Crippen LogP contribution >= 0.6 is 0 Å². The van der Waals surface area contributed by atoms with Gasteiger partial charge in [-0.05, 0) is 30.6 Å². The third-order valence-corrected chi connectivity index (χ3v) is 4.20. The van der Waals surface area contributed by atoms with Crippen molar-refractivity contribution in [3.8, 4) is 0 Å². The first kappa shape index (κ1) is 16.7. The van der Waals surface area contributed by atoms with E-state index in [0.29, 0.717) is 6.04 Å². The van der Waals surface area contributed by atoms with E-state index in [-0.39, 0.29) is 0 Å². The summed E-state index contributed by atoms with van der Waals surface area (Å²) in [7, 11) is 0. The average molecular weight is 296 g/mol. The Morgan fingerprint density at radius 3 is 2.05 bits per heavy atom. The molecule has 2 rings (SSSR count). The molecule has 1 N–H and O–H groups in total. The van der Waals surface area contributed by atoms with Crippen molar-refractivity contribution in [2.45, 2.75) is 26.3 Å². The third kappa shape index (κ3) is 5.28. The van der Waals surface area contributed by atoms with Crippen molar-refractivity contribution in [1.29, 1.82) is 0 Å². The summed E-state index contributed by atoms with van der Waals surface area (Å²) in [5.74, 6) is 0. The molecule has 0 saturated heterocycles. The fourth-order valence-electron chi connectivity index (χ4n) is 2.78. The molecule has 0 aliphatic carbocycles. The van der Waals surface area contributed by atoms with E-state index in [2.05, 4.69) is 84.7 Å². The molecule has 2 aromatic rings. The highest BCUT2D eigenvalue weighted by atomic mass is 15.1. The van der Waals surface area contributed by atoms with Crippen molar-refractivity contribution < 1.29 is 0 Å².